The molecule has 1 aromatic heterocycles. The number of hydrogen-bond donors (Lipinski definition) is 1. The number of nitrogens with one attached hydrogen (secondary N) is 1. The summed E-state index contributed by atoms with van der Waals surface area (Å²) in [6, 6.07) is 3.99. The van der Waals surface area contributed by atoms with E-state index in [9.17, 15) is 0 Å². The Morgan fingerprint density at radius 3 is 3.00 bits per heavy atom. The van der Waals surface area contributed by atoms with Gasteiger partial charge >= 0.3 is 0 Å². The molecule has 5 nitrogen and oxygen atoms in total. The average molecular weight is 325 g/mol. The van der Waals surface area contributed by atoms with Crippen LogP contribution in [-0.4, -0.2) is 11.8 Å². The van der Waals surface area contributed by atoms with Gasteiger partial charge in [-0.25, -0.2) is 4.98 Å². The predicted molar refractivity (Wildman–Crippen MR) is 72.0 cm³/mol. The van der Waals surface area contributed by atoms with E-state index in [4.69, 9.17) is 13.9 Å². The first-order chi connectivity index (χ1) is 9.22. The highest BCUT2D eigenvalue weighted by atomic mass is 79.9. The van der Waals surface area contributed by atoms with E-state index < -0.39 is 0 Å². The Kier molecular flexibility index (Phi) is 3.44. The van der Waals surface area contributed by atoms with E-state index in [1.807, 2.05) is 19.1 Å². The normalized spacial score (nSPS) is 12.9. The molecule has 2 heterocycles. The number of aryl methyl sites for hydroxylation is 1. The lowest BCUT2D eigenvalue weighted by Gasteiger charge is -2.06. The summed E-state index contributed by atoms with van der Waals surface area (Å²) in [4.78, 5) is 4.14. The van der Waals surface area contributed by atoms with Crippen LogP contribution in [0.4, 0.5) is 0 Å². The SMILES string of the molecule is Cc1cnc(CNCc2cc(Br)c3c(c2)OCO3)o1. The summed E-state index contributed by atoms with van der Waals surface area (Å²) in [5, 5.41) is 3.28. The molecule has 0 saturated heterocycles. The predicted octanol–water partition coefficient (Wildman–Crippen LogP) is 2.76. The van der Waals surface area contributed by atoms with E-state index in [0.717, 1.165) is 27.3 Å². The molecular formula is C13H13BrN2O3. The summed E-state index contributed by atoms with van der Waals surface area (Å²) in [6.07, 6.45) is 1.72. The smallest absolute Gasteiger partial charge is 0.231 e. The summed E-state index contributed by atoms with van der Waals surface area (Å²) < 4.78 is 17.0. The first kappa shape index (κ1) is 12.5. The molecule has 0 radical (unpaired) electrons. The monoisotopic (exact) mass is 324 g/mol. The molecule has 6 heteroatoms. The molecular weight excluding hydrogens is 312 g/mol. The standard InChI is InChI=1S/C13H13BrN2O3/c1-8-4-16-12(19-8)6-15-5-9-2-10(14)13-11(3-9)17-7-18-13/h2-4,15H,5-7H2,1H3. The van der Waals surface area contributed by atoms with Gasteiger partial charge in [0.2, 0.25) is 12.7 Å². The molecule has 0 aliphatic carbocycles. The number of nitrogens with zero attached hydrogens (tertiary/aromatic N) is 1. The first-order valence-electron chi connectivity index (χ1n) is 5.92. The van der Waals surface area contributed by atoms with Crippen LogP contribution in [-0.2, 0) is 13.1 Å². The van der Waals surface area contributed by atoms with E-state index in [0.29, 0.717) is 19.0 Å². The molecule has 0 atom stereocenters. The number of ether oxygens (including phenoxy) is 2. The second-order valence-electron chi connectivity index (χ2n) is 4.28. The molecule has 3 rings (SSSR count). The van der Waals surface area contributed by atoms with Gasteiger partial charge in [-0.3, -0.25) is 0 Å². The van der Waals surface area contributed by atoms with Gasteiger partial charge in [-0.2, -0.15) is 0 Å². The minimum Gasteiger partial charge on any atom is -0.454 e. The Labute approximate surface area is 119 Å². The van der Waals surface area contributed by atoms with Crippen molar-refractivity contribution < 1.29 is 13.9 Å². The van der Waals surface area contributed by atoms with E-state index in [-0.39, 0.29) is 6.79 Å². The molecule has 2 aromatic rings. The Hall–Kier alpha value is -1.53. The van der Waals surface area contributed by atoms with Crippen LogP contribution in [0, 0.1) is 6.92 Å². The van der Waals surface area contributed by atoms with E-state index in [2.05, 4.69) is 26.2 Å². The van der Waals surface area contributed by atoms with Gasteiger partial charge in [0.1, 0.15) is 5.76 Å². The Morgan fingerprint density at radius 1 is 1.32 bits per heavy atom. The number of halogens is 1. The number of fused-ring (bicyclic) bond motifs is 1. The largest absolute Gasteiger partial charge is 0.454 e. The fourth-order valence-electron chi connectivity index (χ4n) is 1.92. The molecule has 1 aromatic carbocycles. The lowest BCUT2D eigenvalue weighted by molar-refractivity contribution is 0.173. The number of aromatic nitrogens is 1. The molecule has 0 fully saturated rings. The van der Waals surface area contributed by atoms with Crippen LogP contribution < -0.4 is 14.8 Å². The summed E-state index contributed by atoms with van der Waals surface area (Å²) in [7, 11) is 0. The molecule has 0 spiro atoms. The van der Waals surface area contributed by atoms with Crippen LogP contribution in [0.3, 0.4) is 0 Å². The van der Waals surface area contributed by atoms with Crippen molar-refractivity contribution in [2.45, 2.75) is 20.0 Å². The molecule has 1 aliphatic rings. The van der Waals surface area contributed by atoms with Crippen molar-refractivity contribution in [3.63, 3.8) is 0 Å². The van der Waals surface area contributed by atoms with Crippen LogP contribution in [0.2, 0.25) is 0 Å². The maximum absolute atomic E-state index is 5.39. The third-order valence-corrected chi connectivity index (χ3v) is 3.35. The lowest BCUT2D eigenvalue weighted by Crippen LogP contribution is -2.12. The second kappa shape index (κ2) is 5.22. The minimum absolute atomic E-state index is 0.278. The van der Waals surface area contributed by atoms with Gasteiger partial charge in [0, 0.05) is 6.54 Å². The Morgan fingerprint density at radius 2 is 2.21 bits per heavy atom. The highest BCUT2D eigenvalue weighted by molar-refractivity contribution is 9.10. The van der Waals surface area contributed by atoms with E-state index in [1.165, 1.54) is 0 Å². The average Bonchev–Trinajstić information content (AvgIpc) is 2.98. The fourth-order valence-corrected chi connectivity index (χ4v) is 2.52. The molecule has 1 N–H and O–H groups in total. The Balaban J connectivity index is 1.63. The zero-order valence-corrected chi connectivity index (χ0v) is 12.0. The number of rotatable bonds is 4. The van der Waals surface area contributed by atoms with Gasteiger partial charge in [0.25, 0.3) is 0 Å². The number of oxazole rings is 1. The van der Waals surface area contributed by atoms with Crippen LogP contribution in [0.15, 0.2) is 27.2 Å². The first-order valence-corrected chi connectivity index (χ1v) is 6.72. The maximum Gasteiger partial charge on any atom is 0.231 e. The van der Waals surface area contributed by atoms with Crippen LogP contribution in [0.25, 0.3) is 0 Å². The molecule has 0 amide bonds. The number of hydrogen-bond acceptors (Lipinski definition) is 5. The summed E-state index contributed by atoms with van der Waals surface area (Å²) in [5.41, 5.74) is 1.11. The zero-order valence-electron chi connectivity index (χ0n) is 10.4. The summed E-state index contributed by atoms with van der Waals surface area (Å²) in [6.45, 7) is 3.46. The van der Waals surface area contributed by atoms with Crippen LogP contribution in [0.5, 0.6) is 11.5 Å². The van der Waals surface area contributed by atoms with Gasteiger partial charge < -0.3 is 19.2 Å². The summed E-state index contributed by atoms with van der Waals surface area (Å²) >= 11 is 3.47. The summed E-state index contributed by atoms with van der Waals surface area (Å²) in [5.74, 6) is 3.06. The van der Waals surface area contributed by atoms with Crippen molar-refractivity contribution in [3.8, 4) is 11.5 Å². The van der Waals surface area contributed by atoms with Crippen molar-refractivity contribution in [2.24, 2.45) is 0 Å². The van der Waals surface area contributed by atoms with Crippen molar-refractivity contribution in [2.75, 3.05) is 6.79 Å². The topological polar surface area (TPSA) is 56.5 Å². The molecule has 0 bridgehead atoms. The zero-order chi connectivity index (χ0) is 13.2. The fraction of sp³-hybridized carbons (Fsp3) is 0.308. The van der Waals surface area contributed by atoms with Crippen molar-refractivity contribution in [1.82, 2.24) is 10.3 Å². The van der Waals surface area contributed by atoms with Crippen molar-refractivity contribution in [3.05, 3.63) is 40.0 Å². The molecule has 0 saturated carbocycles. The molecule has 100 valence electrons. The van der Waals surface area contributed by atoms with Crippen molar-refractivity contribution in [1.29, 1.82) is 0 Å². The third-order valence-electron chi connectivity index (χ3n) is 2.76. The van der Waals surface area contributed by atoms with Crippen molar-refractivity contribution >= 4 is 15.9 Å². The third kappa shape index (κ3) is 2.74. The van der Waals surface area contributed by atoms with E-state index in [1.54, 1.807) is 6.20 Å². The quantitative estimate of drug-likeness (QED) is 0.937. The van der Waals surface area contributed by atoms with Crippen LogP contribution >= 0.6 is 15.9 Å². The molecule has 0 unspecified atom stereocenters. The highest BCUT2D eigenvalue weighted by Gasteiger charge is 2.17. The second-order valence-corrected chi connectivity index (χ2v) is 5.13. The van der Waals surface area contributed by atoms with Crippen LogP contribution in [0.1, 0.15) is 17.2 Å². The van der Waals surface area contributed by atoms with Gasteiger partial charge in [0.05, 0.1) is 17.2 Å². The Bertz CT molecular complexity index is 598. The maximum atomic E-state index is 5.39. The van der Waals surface area contributed by atoms with Gasteiger partial charge in [0.15, 0.2) is 11.5 Å². The lowest BCUT2D eigenvalue weighted by atomic mass is 10.2. The van der Waals surface area contributed by atoms with E-state index >= 15 is 0 Å². The molecule has 1 aliphatic heterocycles. The van der Waals surface area contributed by atoms with Gasteiger partial charge in [-0.1, -0.05) is 0 Å². The van der Waals surface area contributed by atoms with Gasteiger partial charge in [-0.15, -0.1) is 0 Å². The molecule has 19 heavy (non-hydrogen) atoms. The number of benzene rings is 1. The van der Waals surface area contributed by atoms with Gasteiger partial charge in [-0.05, 0) is 40.5 Å². The minimum atomic E-state index is 0.278. The highest BCUT2D eigenvalue weighted by Crippen LogP contribution is 2.39.